The maximum Gasteiger partial charge on any atom is 0.185 e. The quantitative estimate of drug-likeness (QED) is 0.375. The molecule has 2 aromatic heterocycles. The van der Waals surface area contributed by atoms with E-state index in [-0.39, 0.29) is 6.61 Å². The molecule has 5 rings (SSSR count). The Hall–Kier alpha value is -3.88. The lowest BCUT2D eigenvalue weighted by molar-refractivity contribution is 0.0637. The molecular formula is C28H29N3O5. The SMILES string of the molecule is COc1cc2c(cc1OC)CN(CC(O)COc1cccc(-c3cc(-c4ccccn4)on3)c1)CC2. The van der Waals surface area contributed by atoms with Crippen LogP contribution in [0.25, 0.3) is 22.7 Å². The van der Waals surface area contributed by atoms with Gasteiger partial charge < -0.3 is 23.8 Å². The standard InChI is InChI=1S/C28H29N3O5/c1-33-27-13-19-9-11-31(16-21(19)14-28(27)34-2)17-22(32)18-35-23-7-5-6-20(12-23)25-15-26(36-30-25)24-8-3-4-10-29-24/h3-8,10,12-15,22,32H,9,11,16-18H2,1-2H3. The minimum Gasteiger partial charge on any atom is -0.493 e. The van der Waals surface area contributed by atoms with Crippen molar-refractivity contribution in [3.8, 4) is 40.0 Å². The first kappa shape index (κ1) is 23.8. The van der Waals surface area contributed by atoms with Gasteiger partial charge in [0.1, 0.15) is 29.8 Å². The van der Waals surface area contributed by atoms with Gasteiger partial charge in [-0.1, -0.05) is 23.4 Å². The summed E-state index contributed by atoms with van der Waals surface area (Å²) in [6.45, 7) is 2.31. The van der Waals surface area contributed by atoms with Crippen molar-refractivity contribution in [3.63, 3.8) is 0 Å². The number of hydrogen-bond acceptors (Lipinski definition) is 8. The molecule has 1 aliphatic rings. The molecule has 3 heterocycles. The highest BCUT2D eigenvalue weighted by Crippen LogP contribution is 2.33. The largest absolute Gasteiger partial charge is 0.493 e. The average Bonchev–Trinajstić information content (AvgIpc) is 3.42. The summed E-state index contributed by atoms with van der Waals surface area (Å²) in [6, 6.07) is 19.2. The second-order valence-corrected chi connectivity index (χ2v) is 8.75. The maximum atomic E-state index is 10.7. The van der Waals surface area contributed by atoms with Crippen molar-refractivity contribution in [2.24, 2.45) is 0 Å². The lowest BCUT2D eigenvalue weighted by Gasteiger charge is -2.31. The van der Waals surface area contributed by atoms with E-state index in [0.29, 0.717) is 23.7 Å². The third kappa shape index (κ3) is 5.35. The summed E-state index contributed by atoms with van der Waals surface area (Å²) in [6.07, 6.45) is 1.98. The van der Waals surface area contributed by atoms with Gasteiger partial charge in [-0.2, -0.15) is 0 Å². The molecule has 0 radical (unpaired) electrons. The van der Waals surface area contributed by atoms with Gasteiger partial charge in [-0.3, -0.25) is 9.88 Å². The van der Waals surface area contributed by atoms with Gasteiger partial charge in [-0.05, 0) is 53.9 Å². The molecule has 0 spiro atoms. The molecule has 8 heteroatoms. The van der Waals surface area contributed by atoms with Crippen molar-refractivity contribution in [1.82, 2.24) is 15.0 Å². The number of aromatic nitrogens is 2. The number of pyridine rings is 1. The van der Waals surface area contributed by atoms with Gasteiger partial charge in [0, 0.05) is 37.5 Å². The first-order valence-electron chi connectivity index (χ1n) is 11.9. The van der Waals surface area contributed by atoms with E-state index in [1.165, 1.54) is 11.1 Å². The fourth-order valence-corrected chi connectivity index (χ4v) is 4.43. The Bertz CT molecular complexity index is 1310. The van der Waals surface area contributed by atoms with Crippen molar-refractivity contribution >= 4 is 0 Å². The summed E-state index contributed by atoms with van der Waals surface area (Å²) in [5.74, 6) is 2.74. The highest BCUT2D eigenvalue weighted by Gasteiger charge is 2.21. The third-order valence-corrected chi connectivity index (χ3v) is 6.27. The molecule has 0 saturated heterocycles. The zero-order valence-corrected chi connectivity index (χ0v) is 20.4. The third-order valence-electron chi connectivity index (χ3n) is 6.27. The van der Waals surface area contributed by atoms with E-state index in [0.717, 1.165) is 42.3 Å². The minimum absolute atomic E-state index is 0.191. The molecule has 2 aromatic carbocycles. The number of β-amino-alcohol motifs (C(OH)–C–C–N with tert-alkyl or cyclic N) is 1. The van der Waals surface area contributed by atoms with Crippen LogP contribution >= 0.6 is 0 Å². The average molecular weight is 488 g/mol. The predicted molar refractivity (Wildman–Crippen MR) is 135 cm³/mol. The summed E-state index contributed by atoms with van der Waals surface area (Å²) < 4.78 is 22.2. The summed E-state index contributed by atoms with van der Waals surface area (Å²) in [5.41, 5.74) is 4.73. The topological polar surface area (TPSA) is 90.1 Å². The predicted octanol–water partition coefficient (Wildman–Crippen LogP) is 4.22. The van der Waals surface area contributed by atoms with E-state index in [2.05, 4.69) is 15.0 Å². The lowest BCUT2D eigenvalue weighted by atomic mass is 9.98. The maximum absolute atomic E-state index is 10.7. The van der Waals surface area contributed by atoms with Crippen LogP contribution in [0.5, 0.6) is 17.2 Å². The molecular weight excluding hydrogens is 458 g/mol. The Morgan fingerprint density at radius 3 is 2.58 bits per heavy atom. The van der Waals surface area contributed by atoms with Crippen molar-refractivity contribution in [2.45, 2.75) is 19.1 Å². The number of benzene rings is 2. The fourth-order valence-electron chi connectivity index (χ4n) is 4.43. The Kier molecular flexibility index (Phi) is 7.16. The summed E-state index contributed by atoms with van der Waals surface area (Å²) >= 11 is 0. The van der Waals surface area contributed by atoms with Crippen LogP contribution in [0.2, 0.25) is 0 Å². The van der Waals surface area contributed by atoms with E-state index >= 15 is 0 Å². The van der Waals surface area contributed by atoms with Crippen LogP contribution < -0.4 is 14.2 Å². The second-order valence-electron chi connectivity index (χ2n) is 8.75. The van der Waals surface area contributed by atoms with Crippen molar-refractivity contribution < 1.29 is 23.8 Å². The fraction of sp³-hybridized carbons (Fsp3) is 0.286. The zero-order valence-electron chi connectivity index (χ0n) is 20.4. The van der Waals surface area contributed by atoms with E-state index < -0.39 is 6.10 Å². The number of nitrogens with zero attached hydrogens (tertiary/aromatic N) is 3. The number of rotatable bonds is 9. The van der Waals surface area contributed by atoms with Gasteiger partial charge in [0.2, 0.25) is 0 Å². The molecule has 1 atom stereocenters. The van der Waals surface area contributed by atoms with Crippen LogP contribution in [0, 0.1) is 0 Å². The van der Waals surface area contributed by atoms with Gasteiger partial charge in [-0.15, -0.1) is 0 Å². The number of methoxy groups -OCH3 is 2. The Morgan fingerprint density at radius 2 is 1.81 bits per heavy atom. The molecule has 36 heavy (non-hydrogen) atoms. The van der Waals surface area contributed by atoms with Crippen LogP contribution in [0.3, 0.4) is 0 Å². The van der Waals surface area contributed by atoms with Crippen LogP contribution in [-0.4, -0.2) is 60.2 Å². The Labute approximate surface area is 210 Å². The van der Waals surface area contributed by atoms with Crippen LogP contribution in [0.15, 0.2) is 71.4 Å². The molecule has 1 aliphatic heterocycles. The molecule has 0 fully saturated rings. The highest BCUT2D eigenvalue weighted by molar-refractivity contribution is 5.66. The summed E-state index contributed by atoms with van der Waals surface area (Å²) in [4.78, 5) is 6.53. The first-order valence-corrected chi connectivity index (χ1v) is 11.9. The molecule has 186 valence electrons. The van der Waals surface area contributed by atoms with E-state index in [4.69, 9.17) is 18.7 Å². The summed E-state index contributed by atoms with van der Waals surface area (Å²) in [5, 5.41) is 14.8. The number of ether oxygens (including phenoxy) is 3. The van der Waals surface area contributed by atoms with Gasteiger partial charge in [0.15, 0.2) is 17.3 Å². The van der Waals surface area contributed by atoms with Gasteiger partial charge >= 0.3 is 0 Å². The molecule has 0 aliphatic carbocycles. The molecule has 0 saturated carbocycles. The van der Waals surface area contributed by atoms with Crippen LogP contribution in [0.1, 0.15) is 11.1 Å². The van der Waals surface area contributed by atoms with Crippen LogP contribution in [0.4, 0.5) is 0 Å². The Morgan fingerprint density at radius 1 is 0.972 bits per heavy atom. The van der Waals surface area contributed by atoms with Crippen molar-refractivity contribution in [1.29, 1.82) is 0 Å². The molecule has 4 aromatic rings. The van der Waals surface area contributed by atoms with E-state index in [1.807, 2.05) is 60.7 Å². The summed E-state index contributed by atoms with van der Waals surface area (Å²) in [7, 11) is 3.29. The van der Waals surface area contributed by atoms with Crippen molar-refractivity contribution in [2.75, 3.05) is 33.9 Å². The van der Waals surface area contributed by atoms with Crippen molar-refractivity contribution in [3.05, 3.63) is 78.0 Å². The van der Waals surface area contributed by atoms with E-state index in [9.17, 15) is 5.11 Å². The highest BCUT2D eigenvalue weighted by atomic mass is 16.5. The minimum atomic E-state index is -0.627. The smallest absolute Gasteiger partial charge is 0.185 e. The van der Waals surface area contributed by atoms with Gasteiger partial charge in [0.05, 0.1) is 14.2 Å². The second kappa shape index (κ2) is 10.8. The molecule has 0 bridgehead atoms. The zero-order chi connectivity index (χ0) is 24.9. The van der Waals surface area contributed by atoms with Gasteiger partial charge in [0.25, 0.3) is 0 Å². The number of aliphatic hydroxyl groups is 1. The number of hydrogen-bond donors (Lipinski definition) is 1. The monoisotopic (exact) mass is 487 g/mol. The van der Waals surface area contributed by atoms with Crippen LogP contribution in [-0.2, 0) is 13.0 Å². The molecule has 0 amide bonds. The van der Waals surface area contributed by atoms with E-state index in [1.54, 1.807) is 20.4 Å². The Balaban J connectivity index is 1.18. The first-order chi connectivity index (χ1) is 17.6. The lowest BCUT2D eigenvalue weighted by Crippen LogP contribution is -2.38. The van der Waals surface area contributed by atoms with Gasteiger partial charge in [-0.25, -0.2) is 0 Å². The molecule has 1 unspecified atom stereocenters. The normalized spacial score (nSPS) is 14.2. The molecule has 8 nitrogen and oxygen atoms in total. The molecule has 1 N–H and O–H groups in total. The number of fused-ring (bicyclic) bond motifs is 1. The number of aliphatic hydroxyl groups excluding tert-OH is 1.